The zero-order valence-electron chi connectivity index (χ0n) is 16.3. The van der Waals surface area contributed by atoms with Gasteiger partial charge < -0.3 is 15.1 Å². The zero-order chi connectivity index (χ0) is 20.2. The Hall–Kier alpha value is -3.41. The van der Waals surface area contributed by atoms with Gasteiger partial charge in [0.25, 0.3) is 5.91 Å². The fourth-order valence-corrected chi connectivity index (χ4v) is 3.48. The van der Waals surface area contributed by atoms with Crippen LogP contribution in [0.5, 0.6) is 0 Å². The van der Waals surface area contributed by atoms with Crippen molar-refractivity contribution in [2.24, 2.45) is 0 Å². The van der Waals surface area contributed by atoms with Crippen LogP contribution in [0, 0.1) is 12.7 Å². The number of nitrogens with one attached hydrogen (secondary N) is 1. The number of anilines is 3. The average molecular weight is 390 g/mol. The van der Waals surface area contributed by atoms with Gasteiger partial charge in [0.05, 0.1) is 5.56 Å². The molecule has 1 aliphatic heterocycles. The molecule has 29 heavy (non-hydrogen) atoms. The minimum Gasteiger partial charge on any atom is -0.368 e. The molecule has 4 rings (SSSR count). The number of aryl methyl sites for hydroxylation is 1. The second kappa shape index (κ2) is 8.31. The lowest BCUT2D eigenvalue weighted by molar-refractivity contribution is 0.102. The van der Waals surface area contributed by atoms with Crippen molar-refractivity contribution in [2.45, 2.75) is 6.92 Å². The van der Waals surface area contributed by atoms with Gasteiger partial charge in [-0.05, 0) is 61.0 Å². The second-order valence-electron chi connectivity index (χ2n) is 7.18. The van der Waals surface area contributed by atoms with E-state index in [1.165, 1.54) is 12.1 Å². The van der Waals surface area contributed by atoms with Crippen LogP contribution in [-0.4, -0.2) is 37.1 Å². The van der Waals surface area contributed by atoms with Crippen molar-refractivity contribution in [1.82, 2.24) is 4.98 Å². The number of hydrogen-bond acceptors (Lipinski definition) is 4. The van der Waals surface area contributed by atoms with Crippen molar-refractivity contribution >= 4 is 23.1 Å². The van der Waals surface area contributed by atoms with Crippen LogP contribution in [0.15, 0.2) is 66.9 Å². The monoisotopic (exact) mass is 390 g/mol. The predicted octanol–water partition coefficient (Wildman–Crippen LogP) is 4.11. The van der Waals surface area contributed by atoms with Crippen LogP contribution in [-0.2, 0) is 0 Å². The van der Waals surface area contributed by atoms with E-state index in [1.54, 1.807) is 12.3 Å². The normalized spacial score (nSPS) is 14.0. The molecule has 0 spiro atoms. The molecule has 3 aromatic rings. The number of hydrogen-bond donors (Lipinski definition) is 1. The zero-order valence-corrected chi connectivity index (χ0v) is 16.3. The Balaban J connectivity index is 1.36. The Kier molecular flexibility index (Phi) is 5.42. The van der Waals surface area contributed by atoms with Crippen molar-refractivity contribution in [1.29, 1.82) is 0 Å². The predicted molar refractivity (Wildman–Crippen MR) is 114 cm³/mol. The molecule has 1 saturated heterocycles. The average Bonchev–Trinajstić information content (AvgIpc) is 2.75. The number of pyridine rings is 1. The molecule has 5 nitrogen and oxygen atoms in total. The number of rotatable bonds is 4. The Labute approximate surface area is 169 Å². The molecule has 0 atom stereocenters. The Bertz CT molecular complexity index is 981. The maximum atomic E-state index is 13.1. The third-order valence-electron chi connectivity index (χ3n) is 5.08. The highest BCUT2D eigenvalue weighted by molar-refractivity contribution is 6.04. The fourth-order valence-electron chi connectivity index (χ4n) is 3.48. The van der Waals surface area contributed by atoms with E-state index in [-0.39, 0.29) is 11.7 Å². The van der Waals surface area contributed by atoms with Crippen LogP contribution in [0.3, 0.4) is 0 Å². The summed E-state index contributed by atoms with van der Waals surface area (Å²) in [6, 6.07) is 18.0. The van der Waals surface area contributed by atoms with Gasteiger partial charge in [0.2, 0.25) is 0 Å². The molecule has 1 N–H and O–H groups in total. The first kappa shape index (κ1) is 18.9. The van der Waals surface area contributed by atoms with Gasteiger partial charge in [0.1, 0.15) is 11.6 Å². The van der Waals surface area contributed by atoms with E-state index in [9.17, 15) is 9.18 Å². The van der Waals surface area contributed by atoms with E-state index >= 15 is 0 Å². The molecule has 2 aromatic carbocycles. The molecule has 0 radical (unpaired) electrons. The summed E-state index contributed by atoms with van der Waals surface area (Å²) in [7, 11) is 0. The lowest BCUT2D eigenvalue weighted by atomic mass is 10.2. The van der Waals surface area contributed by atoms with E-state index in [0.717, 1.165) is 48.9 Å². The fraction of sp³-hybridized carbons (Fsp3) is 0.217. The van der Waals surface area contributed by atoms with Gasteiger partial charge in [-0.3, -0.25) is 4.79 Å². The maximum Gasteiger partial charge on any atom is 0.257 e. The number of carbonyl (C=O) groups excluding carboxylic acids is 1. The first-order valence-corrected chi connectivity index (χ1v) is 9.68. The molecule has 0 unspecified atom stereocenters. The summed E-state index contributed by atoms with van der Waals surface area (Å²) in [6.07, 6.45) is 1.62. The van der Waals surface area contributed by atoms with E-state index in [2.05, 4.69) is 20.1 Å². The van der Waals surface area contributed by atoms with Crippen molar-refractivity contribution < 1.29 is 9.18 Å². The van der Waals surface area contributed by atoms with Gasteiger partial charge in [0, 0.05) is 43.8 Å². The summed E-state index contributed by atoms with van der Waals surface area (Å²) in [5.74, 6) is 0.467. The summed E-state index contributed by atoms with van der Waals surface area (Å²) in [5.41, 5.74) is 3.43. The van der Waals surface area contributed by atoms with Gasteiger partial charge >= 0.3 is 0 Å². The quantitative estimate of drug-likeness (QED) is 0.728. The number of aromatic nitrogens is 1. The summed E-state index contributed by atoms with van der Waals surface area (Å²) in [6.45, 7) is 5.30. The molecule has 1 aromatic heterocycles. The first-order chi connectivity index (χ1) is 14.1. The summed E-state index contributed by atoms with van der Waals surface area (Å²) < 4.78 is 13.1. The molecule has 0 aliphatic carbocycles. The molecule has 0 bridgehead atoms. The molecule has 1 aliphatic rings. The molecule has 0 saturated carbocycles. The molecule has 2 heterocycles. The van der Waals surface area contributed by atoms with Crippen molar-refractivity contribution in [2.75, 3.05) is 41.3 Å². The van der Waals surface area contributed by atoms with E-state index in [0.29, 0.717) is 5.56 Å². The minimum absolute atomic E-state index is 0.171. The van der Waals surface area contributed by atoms with Crippen LogP contribution in [0.4, 0.5) is 21.6 Å². The highest BCUT2D eigenvalue weighted by Gasteiger charge is 2.19. The van der Waals surface area contributed by atoms with Crippen molar-refractivity contribution in [3.8, 4) is 0 Å². The standard InChI is InChI=1S/C23H23FN4O/c1-17-3-2-4-20(15-17)26-23(29)18-5-10-22(25-16-18)28-13-11-27(12-14-28)21-8-6-19(24)7-9-21/h2-10,15-16H,11-14H2,1H3,(H,26,29). The SMILES string of the molecule is Cc1cccc(NC(=O)c2ccc(N3CCN(c4ccc(F)cc4)CC3)nc2)c1. The molecule has 1 amide bonds. The Morgan fingerprint density at radius 1 is 0.966 bits per heavy atom. The van der Waals surface area contributed by atoms with Crippen LogP contribution >= 0.6 is 0 Å². The smallest absolute Gasteiger partial charge is 0.257 e. The summed E-state index contributed by atoms with van der Waals surface area (Å²) >= 11 is 0. The molecular weight excluding hydrogens is 367 g/mol. The van der Waals surface area contributed by atoms with Crippen molar-refractivity contribution in [3.63, 3.8) is 0 Å². The van der Waals surface area contributed by atoms with E-state index < -0.39 is 0 Å². The van der Waals surface area contributed by atoms with Gasteiger partial charge in [0.15, 0.2) is 0 Å². The molecule has 148 valence electrons. The van der Waals surface area contributed by atoms with Crippen LogP contribution in [0.25, 0.3) is 0 Å². The number of halogens is 1. The molecule has 1 fully saturated rings. The third-order valence-corrected chi connectivity index (χ3v) is 5.08. The van der Waals surface area contributed by atoms with Gasteiger partial charge in [-0.25, -0.2) is 9.37 Å². The lowest BCUT2D eigenvalue weighted by Crippen LogP contribution is -2.46. The number of carbonyl (C=O) groups is 1. The topological polar surface area (TPSA) is 48.5 Å². The number of benzene rings is 2. The first-order valence-electron chi connectivity index (χ1n) is 9.68. The summed E-state index contributed by atoms with van der Waals surface area (Å²) in [5, 5.41) is 2.90. The minimum atomic E-state index is -0.219. The molecular formula is C23H23FN4O. The molecule has 6 heteroatoms. The van der Waals surface area contributed by atoms with E-state index in [4.69, 9.17) is 0 Å². The maximum absolute atomic E-state index is 13.1. The highest BCUT2D eigenvalue weighted by Crippen LogP contribution is 2.20. The van der Waals surface area contributed by atoms with Crippen LogP contribution < -0.4 is 15.1 Å². The van der Waals surface area contributed by atoms with Crippen LogP contribution in [0.1, 0.15) is 15.9 Å². The number of piperazine rings is 1. The van der Waals surface area contributed by atoms with Gasteiger partial charge in [-0.15, -0.1) is 0 Å². The largest absolute Gasteiger partial charge is 0.368 e. The highest BCUT2D eigenvalue weighted by atomic mass is 19.1. The second-order valence-corrected chi connectivity index (χ2v) is 7.18. The lowest BCUT2D eigenvalue weighted by Gasteiger charge is -2.36. The summed E-state index contributed by atoms with van der Waals surface area (Å²) in [4.78, 5) is 21.4. The van der Waals surface area contributed by atoms with Gasteiger partial charge in [-0.1, -0.05) is 12.1 Å². The van der Waals surface area contributed by atoms with Crippen LogP contribution in [0.2, 0.25) is 0 Å². The number of amides is 1. The van der Waals surface area contributed by atoms with E-state index in [1.807, 2.05) is 49.4 Å². The Morgan fingerprint density at radius 2 is 1.69 bits per heavy atom. The number of nitrogens with zero attached hydrogens (tertiary/aromatic N) is 3. The third kappa shape index (κ3) is 4.54. The van der Waals surface area contributed by atoms with Crippen molar-refractivity contribution in [3.05, 3.63) is 83.8 Å². The van der Waals surface area contributed by atoms with Gasteiger partial charge in [-0.2, -0.15) is 0 Å². The Morgan fingerprint density at radius 3 is 2.34 bits per heavy atom.